The SMILES string of the molecule is Cc1nc(NCC2CCCO2)cc(N2CCc3ccccc32)n1. The van der Waals surface area contributed by atoms with Crippen LogP contribution < -0.4 is 10.2 Å². The molecule has 1 fully saturated rings. The molecule has 0 saturated carbocycles. The maximum Gasteiger partial charge on any atom is 0.138 e. The second-order valence-electron chi connectivity index (χ2n) is 6.20. The molecule has 5 nitrogen and oxygen atoms in total. The number of fused-ring (bicyclic) bond motifs is 1. The van der Waals surface area contributed by atoms with Crippen LogP contribution in [-0.2, 0) is 11.2 Å². The molecular weight excluding hydrogens is 288 g/mol. The van der Waals surface area contributed by atoms with Crippen LogP contribution in [-0.4, -0.2) is 35.8 Å². The molecule has 3 heterocycles. The van der Waals surface area contributed by atoms with Crippen molar-refractivity contribution in [1.29, 1.82) is 0 Å². The Labute approximate surface area is 136 Å². The number of aryl methyl sites for hydroxylation is 1. The highest BCUT2D eigenvalue weighted by atomic mass is 16.5. The summed E-state index contributed by atoms with van der Waals surface area (Å²) in [6.45, 7) is 4.61. The molecule has 0 aliphatic carbocycles. The average molecular weight is 310 g/mol. The van der Waals surface area contributed by atoms with Crippen LogP contribution in [0, 0.1) is 6.92 Å². The fraction of sp³-hybridized carbons (Fsp3) is 0.444. The highest BCUT2D eigenvalue weighted by molar-refractivity contribution is 5.68. The van der Waals surface area contributed by atoms with E-state index in [2.05, 4.69) is 44.5 Å². The summed E-state index contributed by atoms with van der Waals surface area (Å²) in [7, 11) is 0. The fourth-order valence-electron chi connectivity index (χ4n) is 3.38. The third-order valence-corrected chi connectivity index (χ3v) is 4.52. The lowest BCUT2D eigenvalue weighted by Crippen LogP contribution is -2.20. The van der Waals surface area contributed by atoms with Crippen molar-refractivity contribution in [2.24, 2.45) is 0 Å². The van der Waals surface area contributed by atoms with Crippen molar-refractivity contribution < 1.29 is 4.74 Å². The van der Waals surface area contributed by atoms with Gasteiger partial charge in [-0.15, -0.1) is 0 Å². The topological polar surface area (TPSA) is 50.3 Å². The number of ether oxygens (including phenoxy) is 1. The normalized spacial score (nSPS) is 19.9. The van der Waals surface area contributed by atoms with Crippen molar-refractivity contribution in [1.82, 2.24) is 9.97 Å². The number of rotatable bonds is 4. The summed E-state index contributed by atoms with van der Waals surface area (Å²) in [5.74, 6) is 2.64. The smallest absolute Gasteiger partial charge is 0.138 e. The number of nitrogens with zero attached hydrogens (tertiary/aromatic N) is 3. The minimum absolute atomic E-state index is 0.307. The lowest BCUT2D eigenvalue weighted by atomic mass is 10.2. The van der Waals surface area contributed by atoms with Crippen molar-refractivity contribution in [3.8, 4) is 0 Å². The molecule has 120 valence electrons. The Balaban J connectivity index is 1.55. The predicted octanol–water partition coefficient (Wildman–Crippen LogP) is 3.07. The van der Waals surface area contributed by atoms with E-state index in [9.17, 15) is 0 Å². The summed E-state index contributed by atoms with van der Waals surface area (Å²) in [6.07, 6.45) is 3.66. The van der Waals surface area contributed by atoms with Crippen molar-refractivity contribution >= 4 is 17.3 Å². The second kappa shape index (κ2) is 6.16. The van der Waals surface area contributed by atoms with Gasteiger partial charge >= 0.3 is 0 Å². The standard InChI is InChI=1S/C18H22N4O/c1-13-20-17(19-12-15-6-4-10-23-15)11-18(21-13)22-9-8-14-5-2-3-7-16(14)22/h2-3,5,7,11,15H,4,6,8-10,12H2,1H3,(H,19,20,21). The maximum atomic E-state index is 5.67. The monoisotopic (exact) mass is 310 g/mol. The molecule has 4 rings (SSSR count). The first-order valence-electron chi connectivity index (χ1n) is 8.36. The van der Waals surface area contributed by atoms with Crippen molar-refractivity contribution in [2.75, 3.05) is 29.9 Å². The van der Waals surface area contributed by atoms with Crippen LogP contribution in [0.4, 0.5) is 17.3 Å². The highest BCUT2D eigenvalue weighted by Crippen LogP contribution is 2.33. The molecule has 5 heteroatoms. The Morgan fingerprint density at radius 1 is 1.30 bits per heavy atom. The van der Waals surface area contributed by atoms with Gasteiger partial charge < -0.3 is 15.0 Å². The van der Waals surface area contributed by atoms with Gasteiger partial charge in [-0.25, -0.2) is 9.97 Å². The van der Waals surface area contributed by atoms with Crippen molar-refractivity contribution in [3.05, 3.63) is 41.7 Å². The zero-order valence-corrected chi connectivity index (χ0v) is 13.5. The minimum Gasteiger partial charge on any atom is -0.376 e. The van der Waals surface area contributed by atoms with Crippen molar-refractivity contribution in [2.45, 2.75) is 32.3 Å². The Morgan fingerprint density at radius 2 is 2.22 bits per heavy atom. The predicted molar refractivity (Wildman–Crippen MR) is 91.4 cm³/mol. The van der Waals surface area contributed by atoms with Gasteiger partial charge in [0.2, 0.25) is 0 Å². The Hall–Kier alpha value is -2.14. The molecule has 2 aliphatic heterocycles. The van der Waals surface area contributed by atoms with E-state index in [1.807, 2.05) is 13.0 Å². The largest absolute Gasteiger partial charge is 0.376 e. The number of nitrogens with one attached hydrogen (secondary N) is 1. The third-order valence-electron chi connectivity index (χ3n) is 4.52. The summed E-state index contributed by atoms with van der Waals surface area (Å²) in [6, 6.07) is 10.6. The summed E-state index contributed by atoms with van der Waals surface area (Å²) in [5, 5.41) is 3.41. The lowest BCUT2D eigenvalue weighted by molar-refractivity contribution is 0.120. The molecule has 0 bridgehead atoms. The molecule has 2 aromatic rings. The van der Waals surface area contributed by atoms with Gasteiger partial charge in [0.1, 0.15) is 17.5 Å². The van der Waals surface area contributed by atoms with E-state index in [-0.39, 0.29) is 0 Å². The second-order valence-corrected chi connectivity index (χ2v) is 6.20. The number of hydrogen-bond donors (Lipinski definition) is 1. The van der Waals surface area contributed by atoms with E-state index in [0.29, 0.717) is 6.10 Å². The molecule has 1 aromatic heterocycles. The average Bonchev–Trinajstić information content (AvgIpc) is 3.22. The zero-order chi connectivity index (χ0) is 15.6. The van der Waals surface area contributed by atoms with Gasteiger partial charge in [-0.2, -0.15) is 0 Å². The zero-order valence-electron chi connectivity index (χ0n) is 13.5. The summed E-state index contributed by atoms with van der Waals surface area (Å²) in [5.41, 5.74) is 2.65. The minimum atomic E-state index is 0.307. The van der Waals surface area contributed by atoms with Gasteiger partial charge in [0.25, 0.3) is 0 Å². The number of hydrogen-bond acceptors (Lipinski definition) is 5. The number of anilines is 3. The fourth-order valence-corrected chi connectivity index (χ4v) is 3.38. The number of aromatic nitrogens is 2. The summed E-state index contributed by atoms with van der Waals surface area (Å²) >= 11 is 0. The van der Waals surface area contributed by atoms with Crippen molar-refractivity contribution in [3.63, 3.8) is 0 Å². The van der Waals surface area contributed by atoms with Gasteiger partial charge in [-0.1, -0.05) is 18.2 Å². The molecule has 1 atom stereocenters. The molecular formula is C18H22N4O. The molecule has 0 radical (unpaired) electrons. The van der Waals surface area contributed by atoms with Crippen LogP contribution in [0.25, 0.3) is 0 Å². The molecule has 1 aromatic carbocycles. The van der Waals surface area contributed by atoms with Crippen LogP contribution >= 0.6 is 0 Å². The van der Waals surface area contributed by atoms with E-state index in [1.165, 1.54) is 11.3 Å². The van der Waals surface area contributed by atoms with Crippen LogP contribution in [0.2, 0.25) is 0 Å². The first kappa shape index (κ1) is 14.5. The Morgan fingerprint density at radius 3 is 3.09 bits per heavy atom. The molecule has 0 spiro atoms. The van der Waals surface area contributed by atoms with Crippen LogP contribution in [0.15, 0.2) is 30.3 Å². The Bertz CT molecular complexity index is 697. The van der Waals surface area contributed by atoms with E-state index >= 15 is 0 Å². The van der Waals surface area contributed by atoms with Gasteiger partial charge in [-0.05, 0) is 37.8 Å². The quantitative estimate of drug-likeness (QED) is 0.940. The highest BCUT2D eigenvalue weighted by Gasteiger charge is 2.22. The van der Waals surface area contributed by atoms with Gasteiger partial charge in [0, 0.05) is 31.5 Å². The summed E-state index contributed by atoms with van der Waals surface area (Å²) < 4.78 is 5.67. The Kier molecular flexibility index (Phi) is 3.87. The van der Waals surface area contributed by atoms with E-state index in [1.54, 1.807) is 0 Å². The molecule has 0 amide bonds. The van der Waals surface area contributed by atoms with Gasteiger partial charge in [0.15, 0.2) is 0 Å². The third kappa shape index (κ3) is 3.01. The molecule has 23 heavy (non-hydrogen) atoms. The van der Waals surface area contributed by atoms with Crippen LogP contribution in [0.1, 0.15) is 24.2 Å². The van der Waals surface area contributed by atoms with Gasteiger partial charge in [0.05, 0.1) is 6.10 Å². The van der Waals surface area contributed by atoms with E-state index in [0.717, 1.165) is 56.4 Å². The molecule has 1 unspecified atom stereocenters. The first-order valence-corrected chi connectivity index (χ1v) is 8.36. The number of para-hydroxylation sites is 1. The lowest BCUT2D eigenvalue weighted by Gasteiger charge is -2.20. The summed E-state index contributed by atoms with van der Waals surface area (Å²) in [4.78, 5) is 11.4. The van der Waals surface area contributed by atoms with Crippen LogP contribution in [0.5, 0.6) is 0 Å². The maximum absolute atomic E-state index is 5.67. The number of benzene rings is 1. The van der Waals surface area contributed by atoms with E-state index in [4.69, 9.17) is 4.74 Å². The molecule has 1 N–H and O–H groups in total. The molecule has 1 saturated heterocycles. The van der Waals surface area contributed by atoms with Crippen LogP contribution in [0.3, 0.4) is 0 Å². The molecule has 2 aliphatic rings. The first-order chi connectivity index (χ1) is 11.3. The van der Waals surface area contributed by atoms with Gasteiger partial charge in [-0.3, -0.25) is 0 Å². The van der Waals surface area contributed by atoms with E-state index < -0.39 is 0 Å².